The average Bonchev–Trinajstić information content (AvgIpc) is 3.47. The van der Waals surface area contributed by atoms with Crippen LogP contribution in [-0.4, -0.2) is 59.1 Å². The lowest BCUT2D eigenvalue weighted by atomic mass is 9.89. The molecule has 0 bridgehead atoms. The van der Waals surface area contributed by atoms with Crippen LogP contribution in [0.4, 0.5) is 14.9 Å². The highest BCUT2D eigenvalue weighted by Crippen LogP contribution is 2.36. The van der Waals surface area contributed by atoms with Crippen LogP contribution in [0.5, 0.6) is 11.5 Å². The van der Waals surface area contributed by atoms with Crippen molar-refractivity contribution in [2.24, 2.45) is 5.92 Å². The number of nitrogens with one attached hydrogen (secondary N) is 2. The number of carbonyl (C=O) groups is 1. The van der Waals surface area contributed by atoms with Gasteiger partial charge in [0.1, 0.15) is 19.0 Å². The van der Waals surface area contributed by atoms with Gasteiger partial charge in [-0.2, -0.15) is 5.10 Å². The lowest BCUT2D eigenvalue weighted by Gasteiger charge is -2.20. The van der Waals surface area contributed by atoms with E-state index in [1.807, 2.05) is 0 Å². The molecule has 0 spiro atoms. The molecule has 2 atom stereocenters. The quantitative estimate of drug-likeness (QED) is 0.770. The molecule has 5 rings (SSSR count). The van der Waals surface area contributed by atoms with E-state index in [0.29, 0.717) is 55.2 Å². The lowest BCUT2D eigenvalue weighted by Crippen LogP contribution is -2.33. The van der Waals surface area contributed by atoms with Gasteiger partial charge in [0, 0.05) is 42.6 Å². The van der Waals surface area contributed by atoms with Crippen LogP contribution in [0.15, 0.2) is 18.2 Å². The molecule has 3 aliphatic rings. The first-order valence-electron chi connectivity index (χ1n) is 11.1. The third-order valence-electron chi connectivity index (χ3n) is 6.56. The van der Waals surface area contributed by atoms with Crippen LogP contribution in [-0.2, 0) is 0 Å². The molecule has 1 saturated carbocycles. The van der Waals surface area contributed by atoms with Gasteiger partial charge >= 0.3 is 6.03 Å². The second-order valence-corrected chi connectivity index (χ2v) is 8.63. The highest BCUT2D eigenvalue weighted by Gasteiger charge is 2.38. The molecule has 3 heterocycles. The van der Waals surface area contributed by atoms with E-state index < -0.39 is 6.67 Å². The van der Waals surface area contributed by atoms with Gasteiger partial charge < -0.3 is 19.7 Å². The number of aromatic amines is 1. The number of fused-ring (bicyclic) bond motifs is 1. The number of likely N-dealkylation sites (tertiary alicyclic amines) is 1. The summed E-state index contributed by atoms with van der Waals surface area (Å²) in [6, 6.07) is 5.05. The van der Waals surface area contributed by atoms with Gasteiger partial charge in [0.05, 0.1) is 6.67 Å². The molecule has 1 aromatic carbocycles. The van der Waals surface area contributed by atoms with Crippen molar-refractivity contribution in [3.05, 3.63) is 29.8 Å². The second-order valence-electron chi connectivity index (χ2n) is 8.63. The Hall–Kier alpha value is -2.84. The van der Waals surface area contributed by atoms with Gasteiger partial charge in [0.25, 0.3) is 0 Å². The number of carbonyl (C=O) groups excluding carboxylic acids is 1. The van der Waals surface area contributed by atoms with Gasteiger partial charge in [0.15, 0.2) is 17.3 Å². The predicted octanol–water partition coefficient (Wildman–Crippen LogP) is 3.84. The van der Waals surface area contributed by atoms with E-state index in [2.05, 4.69) is 15.5 Å². The number of H-pyrrole nitrogens is 1. The largest absolute Gasteiger partial charge is 0.486 e. The summed E-state index contributed by atoms with van der Waals surface area (Å²) in [4.78, 5) is 19.2. The van der Waals surface area contributed by atoms with Gasteiger partial charge in [0.2, 0.25) is 0 Å². The molecule has 9 heteroatoms. The Balaban J connectivity index is 1.25. The number of hydrogen-bond acceptors (Lipinski definition) is 5. The first kappa shape index (κ1) is 20.1. The van der Waals surface area contributed by atoms with E-state index in [0.717, 1.165) is 18.7 Å². The zero-order valence-electron chi connectivity index (χ0n) is 17.5. The van der Waals surface area contributed by atoms with Crippen molar-refractivity contribution in [1.29, 1.82) is 0 Å². The number of anilines is 1. The third kappa shape index (κ3) is 4.18. The Kier molecular flexibility index (Phi) is 5.65. The van der Waals surface area contributed by atoms with Crippen molar-refractivity contribution in [1.82, 2.24) is 20.1 Å². The van der Waals surface area contributed by atoms with Crippen LogP contribution in [0.3, 0.4) is 0 Å². The Labute approximate surface area is 180 Å². The van der Waals surface area contributed by atoms with E-state index in [1.54, 1.807) is 23.1 Å². The molecule has 31 heavy (non-hydrogen) atoms. The zero-order valence-corrected chi connectivity index (χ0v) is 17.5. The number of hydrogen-bond donors (Lipinski definition) is 2. The van der Waals surface area contributed by atoms with E-state index in [4.69, 9.17) is 14.5 Å². The van der Waals surface area contributed by atoms with Gasteiger partial charge in [-0.1, -0.05) is 19.3 Å². The molecule has 0 radical (unpaired) electrons. The number of aromatic nitrogens is 3. The summed E-state index contributed by atoms with van der Waals surface area (Å²) >= 11 is 0. The van der Waals surface area contributed by atoms with Crippen LogP contribution < -0.4 is 14.8 Å². The minimum atomic E-state index is -0.502. The fourth-order valence-electron chi connectivity index (χ4n) is 4.82. The Morgan fingerprint density at radius 1 is 1.16 bits per heavy atom. The van der Waals surface area contributed by atoms with Crippen molar-refractivity contribution in [3.63, 3.8) is 0 Å². The number of ether oxygens (including phenoxy) is 2. The van der Waals surface area contributed by atoms with E-state index >= 15 is 0 Å². The van der Waals surface area contributed by atoms with Crippen molar-refractivity contribution in [3.8, 4) is 11.5 Å². The summed E-state index contributed by atoms with van der Waals surface area (Å²) in [5.41, 5.74) is 0.619. The van der Waals surface area contributed by atoms with Gasteiger partial charge in [-0.3, -0.25) is 9.49 Å². The van der Waals surface area contributed by atoms with Crippen molar-refractivity contribution < 1.29 is 18.7 Å². The predicted molar refractivity (Wildman–Crippen MR) is 112 cm³/mol. The molecule has 1 saturated heterocycles. The van der Waals surface area contributed by atoms with Crippen molar-refractivity contribution in [2.45, 2.75) is 43.9 Å². The Morgan fingerprint density at radius 3 is 2.77 bits per heavy atom. The fourth-order valence-corrected chi connectivity index (χ4v) is 4.82. The number of alkyl halides is 1. The molecule has 1 aliphatic carbocycles. The molecule has 1 aromatic heterocycles. The molecular weight excluding hydrogens is 401 g/mol. The molecular formula is C22H28FN5O3. The summed E-state index contributed by atoms with van der Waals surface area (Å²) in [7, 11) is 0. The topological polar surface area (TPSA) is 92.4 Å². The van der Waals surface area contributed by atoms with Gasteiger partial charge in [-0.15, -0.1) is 0 Å². The molecule has 2 amide bonds. The second kappa shape index (κ2) is 8.72. The van der Waals surface area contributed by atoms with Crippen LogP contribution in [0.1, 0.15) is 55.6 Å². The molecule has 8 nitrogen and oxygen atoms in total. The average molecular weight is 429 g/mol. The maximum absolute atomic E-state index is 13.8. The summed E-state index contributed by atoms with van der Waals surface area (Å²) < 4.78 is 24.9. The first-order chi connectivity index (χ1) is 15.2. The number of halogens is 1. The van der Waals surface area contributed by atoms with E-state index in [1.165, 1.54) is 19.3 Å². The minimum Gasteiger partial charge on any atom is -0.486 e. The maximum Gasteiger partial charge on any atom is 0.321 e. The highest BCUT2D eigenvalue weighted by atomic mass is 19.1. The van der Waals surface area contributed by atoms with Crippen LogP contribution >= 0.6 is 0 Å². The fraction of sp³-hybridized carbons (Fsp3) is 0.591. The van der Waals surface area contributed by atoms with E-state index in [-0.39, 0.29) is 17.9 Å². The standard InChI is InChI=1S/C22H28FN5O3/c23-11-15-12-28(22(29)24-16-6-7-18-19(10-16)31-9-8-30-18)13-17(15)21-25-20(26-27-21)14-4-2-1-3-5-14/h6-7,10,14-15,17H,1-5,8-9,11-13H2,(H,24,29)(H,25,26,27)/t15-,17-/m1/s1. The number of nitrogens with zero attached hydrogens (tertiary/aromatic N) is 3. The summed E-state index contributed by atoms with van der Waals surface area (Å²) in [6.45, 7) is 1.25. The van der Waals surface area contributed by atoms with Gasteiger partial charge in [-0.25, -0.2) is 9.78 Å². The Bertz CT molecular complexity index is 930. The van der Waals surface area contributed by atoms with E-state index in [9.17, 15) is 9.18 Å². The molecule has 166 valence electrons. The van der Waals surface area contributed by atoms with Crippen LogP contribution in [0.2, 0.25) is 0 Å². The van der Waals surface area contributed by atoms with Crippen molar-refractivity contribution >= 4 is 11.7 Å². The lowest BCUT2D eigenvalue weighted by molar-refractivity contribution is 0.171. The molecule has 0 unspecified atom stereocenters. The molecule has 2 aliphatic heterocycles. The summed E-state index contributed by atoms with van der Waals surface area (Å²) in [6.07, 6.45) is 5.91. The number of amides is 2. The molecule has 2 aromatic rings. The summed E-state index contributed by atoms with van der Waals surface area (Å²) in [5, 5.41) is 10.4. The normalized spacial score (nSPS) is 23.7. The van der Waals surface area contributed by atoms with Gasteiger partial charge in [-0.05, 0) is 25.0 Å². The van der Waals surface area contributed by atoms with Crippen LogP contribution in [0.25, 0.3) is 0 Å². The third-order valence-corrected chi connectivity index (χ3v) is 6.56. The Morgan fingerprint density at radius 2 is 1.97 bits per heavy atom. The first-order valence-corrected chi connectivity index (χ1v) is 11.1. The summed E-state index contributed by atoms with van der Waals surface area (Å²) in [5.74, 6) is 2.73. The number of rotatable bonds is 4. The SMILES string of the molecule is O=C(Nc1ccc2c(c1)OCCO2)N1C[C@@H](CF)[C@H](c2nc(C3CCCCC3)n[nH]2)C1. The minimum absolute atomic E-state index is 0.180. The number of urea groups is 1. The van der Waals surface area contributed by atoms with Crippen molar-refractivity contribution in [2.75, 3.05) is 38.3 Å². The number of benzene rings is 1. The zero-order chi connectivity index (χ0) is 21.2. The van der Waals surface area contributed by atoms with Crippen LogP contribution in [0, 0.1) is 5.92 Å². The highest BCUT2D eigenvalue weighted by molar-refractivity contribution is 5.90. The monoisotopic (exact) mass is 429 g/mol. The maximum atomic E-state index is 13.8. The molecule has 2 N–H and O–H groups in total. The molecule has 2 fully saturated rings. The smallest absolute Gasteiger partial charge is 0.321 e.